The summed E-state index contributed by atoms with van der Waals surface area (Å²) in [6.45, 7) is 7.93. The van der Waals surface area contributed by atoms with Gasteiger partial charge in [0, 0.05) is 24.5 Å². The van der Waals surface area contributed by atoms with Gasteiger partial charge in [0.25, 0.3) is 5.91 Å². The van der Waals surface area contributed by atoms with Crippen molar-refractivity contribution >= 4 is 41.6 Å². The number of hydrogen-bond acceptors (Lipinski definition) is 8. The van der Waals surface area contributed by atoms with Crippen LogP contribution in [-0.2, 0) is 14.1 Å². The number of nitrogens with one attached hydrogen (secondary N) is 3. The Morgan fingerprint density at radius 1 is 1.09 bits per heavy atom. The highest BCUT2D eigenvalue weighted by atomic mass is 16.7. The summed E-state index contributed by atoms with van der Waals surface area (Å²) in [5.74, 6) is 0.246. The van der Waals surface area contributed by atoms with Crippen LogP contribution in [0.5, 0.6) is 5.75 Å². The minimum absolute atomic E-state index is 0.00788. The number of aromatic nitrogens is 2. The number of benzene rings is 1. The van der Waals surface area contributed by atoms with E-state index >= 15 is 0 Å². The van der Waals surface area contributed by atoms with Crippen LogP contribution in [0.15, 0.2) is 24.3 Å². The molecule has 0 spiro atoms. The van der Waals surface area contributed by atoms with Crippen LogP contribution >= 0.6 is 0 Å². The van der Waals surface area contributed by atoms with Crippen LogP contribution in [0, 0.1) is 5.92 Å². The van der Waals surface area contributed by atoms with E-state index in [0.29, 0.717) is 22.6 Å². The van der Waals surface area contributed by atoms with Crippen molar-refractivity contribution in [1.82, 2.24) is 15.5 Å². The van der Waals surface area contributed by atoms with Crippen LogP contribution in [0.4, 0.5) is 17.2 Å². The highest BCUT2D eigenvalue weighted by Crippen LogP contribution is 2.38. The summed E-state index contributed by atoms with van der Waals surface area (Å²) in [5, 5.41) is 16.6. The second kappa shape index (κ2) is 8.88. The monoisotopic (exact) mass is 467 g/mol. The highest BCUT2D eigenvalue weighted by Gasteiger charge is 2.52. The number of para-hydroxylation sites is 1. The molecule has 4 rings (SSSR count). The van der Waals surface area contributed by atoms with E-state index in [1.54, 1.807) is 13.2 Å². The predicted molar refractivity (Wildman–Crippen MR) is 129 cm³/mol. The molecule has 2 aliphatic rings. The van der Waals surface area contributed by atoms with Gasteiger partial charge in [-0.15, -0.1) is 10.2 Å². The highest BCUT2D eigenvalue weighted by molar-refractivity contribution is 6.63. The minimum Gasteiger partial charge on any atom is -0.495 e. The van der Waals surface area contributed by atoms with E-state index in [9.17, 15) is 9.59 Å². The molecule has 2 fully saturated rings. The van der Waals surface area contributed by atoms with E-state index in [2.05, 4.69) is 26.1 Å². The standard InChI is InChI=1S/C23H30BN5O5/c1-22(2)23(3,4)34-24(33-22)14-8-7-9-15(19(14)32-6)26-16-12-17(27-20(30)13-10-11-13)28-29-18(16)21(31)25-5/h7-9,12-13H,10-11H2,1-6H3,(H,25,31)(H2,26,27,28,30). The molecule has 1 aliphatic carbocycles. The fraction of sp³-hybridized carbons (Fsp3) is 0.478. The topological polar surface area (TPSA) is 124 Å². The molecule has 180 valence electrons. The van der Waals surface area contributed by atoms with Crippen LogP contribution < -0.4 is 26.2 Å². The lowest BCUT2D eigenvalue weighted by atomic mass is 9.78. The first-order chi connectivity index (χ1) is 16.1. The molecule has 2 amide bonds. The Labute approximate surface area is 199 Å². The number of carbonyl (C=O) groups excluding carboxylic acids is 2. The maximum atomic E-state index is 12.4. The third-order valence-electron chi connectivity index (χ3n) is 6.46. The van der Waals surface area contributed by atoms with Crippen molar-refractivity contribution < 1.29 is 23.6 Å². The smallest absolute Gasteiger partial charge is 0.495 e. The van der Waals surface area contributed by atoms with Crippen molar-refractivity contribution in [2.75, 3.05) is 24.8 Å². The van der Waals surface area contributed by atoms with Crippen LogP contribution in [0.2, 0.25) is 0 Å². The molecule has 1 saturated heterocycles. The molecule has 2 heterocycles. The average Bonchev–Trinajstić information content (AvgIpc) is 3.60. The number of anilines is 3. The summed E-state index contributed by atoms with van der Waals surface area (Å²) in [7, 11) is 2.43. The van der Waals surface area contributed by atoms with Gasteiger partial charge in [0.2, 0.25) is 5.91 Å². The van der Waals surface area contributed by atoms with E-state index in [4.69, 9.17) is 14.0 Å². The molecular weight excluding hydrogens is 437 g/mol. The Morgan fingerprint density at radius 2 is 1.76 bits per heavy atom. The number of carbonyl (C=O) groups is 2. The van der Waals surface area contributed by atoms with E-state index < -0.39 is 24.2 Å². The average molecular weight is 467 g/mol. The number of ether oxygens (including phenoxy) is 1. The van der Waals surface area contributed by atoms with Gasteiger partial charge < -0.3 is 30.0 Å². The van der Waals surface area contributed by atoms with Gasteiger partial charge in [0.05, 0.1) is 29.7 Å². The maximum absolute atomic E-state index is 12.4. The Balaban J connectivity index is 1.68. The fourth-order valence-corrected chi connectivity index (χ4v) is 3.59. The molecule has 1 aromatic carbocycles. The molecule has 1 aliphatic heterocycles. The SMILES string of the molecule is CNC(=O)c1nnc(NC(=O)C2CC2)cc1Nc1cccc(B2OC(C)(C)C(C)(C)O2)c1OC. The molecule has 10 nitrogen and oxygen atoms in total. The van der Waals surface area contributed by atoms with Crippen LogP contribution in [0.25, 0.3) is 0 Å². The van der Waals surface area contributed by atoms with Crippen LogP contribution in [0.3, 0.4) is 0 Å². The summed E-state index contributed by atoms with van der Waals surface area (Å²) < 4.78 is 18.1. The normalized spacial score (nSPS) is 18.4. The molecule has 0 bridgehead atoms. The van der Waals surface area contributed by atoms with Crippen molar-refractivity contribution in [1.29, 1.82) is 0 Å². The number of rotatable bonds is 7. The summed E-state index contributed by atoms with van der Waals surface area (Å²) in [4.78, 5) is 24.6. The van der Waals surface area contributed by atoms with Crippen molar-refractivity contribution in [2.24, 2.45) is 5.92 Å². The third kappa shape index (κ3) is 4.58. The summed E-state index contributed by atoms with van der Waals surface area (Å²) in [5.41, 5.74) is 0.703. The van der Waals surface area contributed by atoms with Crippen molar-refractivity contribution in [2.45, 2.75) is 51.7 Å². The number of nitrogens with zero attached hydrogens (tertiary/aromatic N) is 2. The van der Waals surface area contributed by atoms with Gasteiger partial charge in [0.15, 0.2) is 11.5 Å². The first-order valence-corrected chi connectivity index (χ1v) is 11.3. The van der Waals surface area contributed by atoms with Gasteiger partial charge in [0.1, 0.15) is 5.75 Å². The minimum atomic E-state index is -0.635. The Bertz CT molecular complexity index is 1100. The Hall–Kier alpha value is -3.18. The molecule has 0 radical (unpaired) electrons. The molecule has 1 aromatic heterocycles. The number of methoxy groups -OCH3 is 1. The molecule has 3 N–H and O–H groups in total. The Kier molecular flexibility index (Phi) is 6.26. The van der Waals surface area contributed by atoms with Crippen LogP contribution in [-0.4, -0.2) is 54.5 Å². The molecule has 11 heteroatoms. The van der Waals surface area contributed by atoms with Crippen molar-refractivity contribution in [3.05, 3.63) is 30.0 Å². The van der Waals surface area contributed by atoms with Gasteiger partial charge in [-0.3, -0.25) is 9.59 Å². The first kappa shape index (κ1) is 24.0. The maximum Gasteiger partial charge on any atom is 0.498 e. The Morgan fingerprint density at radius 3 is 2.35 bits per heavy atom. The lowest BCUT2D eigenvalue weighted by Crippen LogP contribution is -2.41. The van der Waals surface area contributed by atoms with Gasteiger partial charge in [-0.25, -0.2) is 0 Å². The predicted octanol–water partition coefficient (Wildman–Crippen LogP) is 2.24. The van der Waals surface area contributed by atoms with Crippen molar-refractivity contribution in [3.63, 3.8) is 0 Å². The van der Waals surface area contributed by atoms with E-state index in [0.717, 1.165) is 12.8 Å². The second-order valence-electron chi connectivity index (χ2n) is 9.48. The quantitative estimate of drug-likeness (QED) is 0.530. The lowest BCUT2D eigenvalue weighted by Gasteiger charge is -2.32. The zero-order chi connectivity index (χ0) is 24.7. The zero-order valence-electron chi connectivity index (χ0n) is 20.3. The molecule has 0 atom stereocenters. The second-order valence-corrected chi connectivity index (χ2v) is 9.48. The summed E-state index contributed by atoms with van der Waals surface area (Å²) in [6.07, 6.45) is 1.73. The zero-order valence-corrected chi connectivity index (χ0v) is 20.3. The van der Waals surface area contributed by atoms with E-state index in [-0.39, 0.29) is 23.3 Å². The fourth-order valence-electron chi connectivity index (χ4n) is 3.59. The van der Waals surface area contributed by atoms with Gasteiger partial charge >= 0.3 is 7.12 Å². The molecule has 1 saturated carbocycles. The number of amides is 2. The summed E-state index contributed by atoms with van der Waals surface area (Å²) in [6, 6.07) is 7.11. The molecule has 34 heavy (non-hydrogen) atoms. The van der Waals surface area contributed by atoms with Crippen LogP contribution in [0.1, 0.15) is 51.0 Å². The summed E-state index contributed by atoms with van der Waals surface area (Å²) >= 11 is 0. The molecule has 2 aromatic rings. The lowest BCUT2D eigenvalue weighted by molar-refractivity contribution is -0.117. The molecular formula is C23H30BN5O5. The van der Waals surface area contributed by atoms with E-state index in [1.165, 1.54) is 7.05 Å². The third-order valence-corrected chi connectivity index (χ3v) is 6.46. The first-order valence-electron chi connectivity index (χ1n) is 11.3. The molecule has 0 unspecified atom stereocenters. The van der Waals surface area contributed by atoms with E-state index in [1.807, 2.05) is 45.9 Å². The van der Waals surface area contributed by atoms with Gasteiger partial charge in [-0.2, -0.15) is 0 Å². The van der Waals surface area contributed by atoms with Crippen molar-refractivity contribution in [3.8, 4) is 5.75 Å². The van der Waals surface area contributed by atoms with Gasteiger partial charge in [-0.1, -0.05) is 12.1 Å². The van der Waals surface area contributed by atoms with Gasteiger partial charge in [-0.05, 0) is 46.6 Å². The largest absolute Gasteiger partial charge is 0.498 e. The number of hydrogen-bond donors (Lipinski definition) is 3.